The number of ether oxygens (including phenoxy) is 1. The molecule has 2 aromatic carbocycles. The third-order valence-electron chi connectivity index (χ3n) is 5.94. The van der Waals surface area contributed by atoms with Gasteiger partial charge in [-0.2, -0.15) is 0 Å². The van der Waals surface area contributed by atoms with Crippen molar-refractivity contribution in [1.29, 1.82) is 0 Å². The average molecular weight is 328 g/mol. The number of fused-ring (bicyclic) bond motifs is 1. The van der Waals surface area contributed by atoms with Crippen LogP contribution in [0.3, 0.4) is 0 Å². The molecular weight excluding hydrogens is 304 g/mol. The quantitative estimate of drug-likeness (QED) is 0.763. The highest BCUT2D eigenvalue weighted by molar-refractivity contribution is 5.51. The van der Waals surface area contributed by atoms with Crippen LogP contribution in [0.25, 0.3) is 0 Å². The topological polar surface area (TPSA) is 69.9 Å². The Morgan fingerprint density at radius 3 is 2.12 bits per heavy atom. The molecule has 1 heterocycles. The highest BCUT2D eigenvalue weighted by Gasteiger charge is 2.52. The summed E-state index contributed by atoms with van der Waals surface area (Å²) in [6, 6.07) is 9.82. The summed E-state index contributed by atoms with van der Waals surface area (Å²) in [6.07, 6.45) is 0.893. The number of hydrogen-bond acceptors (Lipinski definition) is 4. The van der Waals surface area contributed by atoms with Gasteiger partial charge >= 0.3 is 0 Å². The second kappa shape index (κ2) is 5.33. The second-order valence-corrected chi connectivity index (χ2v) is 7.08. The molecule has 0 aromatic heterocycles. The normalized spacial score (nSPS) is 28.9. The molecule has 0 bridgehead atoms. The van der Waals surface area contributed by atoms with Crippen LogP contribution in [0.2, 0.25) is 0 Å². The van der Waals surface area contributed by atoms with Crippen molar-refractivity contribution < 1.29 is 20.1 Å². The minimum atomic E-state index is -0.788. The Labute approximate surface area is 142 Å². The molecule has 0 radical (unpaired) electrons. The molecule has 4 heteroatoms. The maximum Gasteiger partial charge on any atom is 0.138 e. The Bertz CT molecular complexity index is 785. The maximum atomic E-state index is 10.4. The summed E-state index contributed by atoms with van der Waals surface area (Å²) in [7, 11) is 0. The highest BCUT2D eigenvalue weighted by atomic mass is 16.5. The van der Waals surface area contributed by atoms with Gasteiger partial charge in [0.2, 0.25) is 0 Å². The van der Waals surface area contributed by atoms with Gasteiger partial charge in [-0.15, -0.1) is 0 Å². The van der Waals surface area contributed by atoms with Crippen molar-refractivity contribution in [3.05, 3.63) is 47.5 Å². The zero-order valence-corrected chi connectivity index (χ0v) is 14.5. The molecule has 3 N–H and O–H groups in total. The van der Waals surface area contributed by atoms with Crippen LogP contribution in [0.1, 0.15) is 45.2 Å². The Hall–Kier alpha value is -2.36. The van der Waals surface area contributed by atoms with E-state index in [1.807, 2.05) is 13.0 Å². The van der Waals surface area contributed by atoms with Crippen LogP contribution in [0.15, 0.2) is 36.4 Å². The lowest BCUT2D eigenvalue weighted by Gasteiger charge is -2.51. The fourth-order valence-electron chi connectivity index (χ4n) is 3.95. The summed E-state index contributed by atoms with van der Waals surface area (Å²) in [4.78, 5) is 0. The molecule has 0 fully saturated rings. The standard InChI is InChI=1S/C20H24O4/c1-5-19(3)12(2)20(4,15-8-6-13(21)10-17(15)23)24-18-11-14(22)7-9-16(18)19/h6-12,21-23H,5H2,1-4H3. The third-order valence-corrected chi connectivity index (χ3v) is 5.94. The van der Waals surface area contributed by atoms with Crippen molar-refractivity contribution in [2.75, 3.05) is 0 Å². The lowest BCUT2D eigenvalue weighted by atomic mass is 9.61. The molecule has 3 rings (SSSR count). The third kappa shape index (κ3) is 2.20. The van der Waals surface area contributed by atoms with E-state index in [1.54, 1.807) is 24.3 Å². The first-order valence-electron chi connectivity index (χ1n) is 8.27. The largest absolute Gasteiger partial charge is 0.508 e. The Morgan fingerprint density at radius 2 is 1.54 bits per heavy atom. The van der Waals surface area contributed by atoms with Crippen molar-refractivity contribution in [3.8, 4) is 23.0 Å². The zero-order valence-electron chi connectivity index (χ0n) is 14.5. The molecular formula is C20H24O4. The molecule has 4 nitrogen and oxygen atoms in total. The van der Waals surface area contributed by atoms with Gasteiger partial charge in [-0.1, -0.05) is 26.8 Å². The zero-order chi connectivity index (χ0) is 17.7. The van der Waals surface area contributed by atoms with Crippen molar-refractivity contribution in [1.82, 2.24) is 0 Å². The number of phenols is 3. The molecule has 0 saturated heterocycles. The van der Waals surface area contributed by atoms with E-state index in [2.05, 4.69) is 20.8 Å². The van der Waals surface area contributed by atoms with Crippen molar-refractivity contribution in [3.63, 3.8) is 0 Å². The first-order valence-corrected chi connectivity index (χ1v) is 8.27. The van der Waals surface area contributed by atoms with E-state index in [4.69, 9.17) is 4.74 Å². The van der Waals surface area contributed by atoms with Gasteiger partial charge in [0, 0.05) is 34.6 Å². The van der Waals surface area contributed by atoms with E-state index < -0.39 is 5.60 Å². The summed E-state index contributed by atoms with van der Waals surface area (Å²) in [5, 5.41) is 29.8. The summed E-state index contributed by atoms with van der Waals surface area (Å²) in [5.74, 6) is 0.861. The van der Waals surface area contributed by atoms with Gasteiger partial charge in [0.1, 0.15) is 28.6 Å². The van der Waals surface area contributed by atoms with E-state index >= 15 is 0 Å². The lowest BCUT2D eigenvalue weighted by molar-refractivity contribution is -0.0329. The predicted octanol–water partition coefficient (Wildman–Crippen LogP) is 4.42. The molecule has 1 aliphatic heterocycles. The molecule has 3 unspecified atom stereocenters. The van der Waals surface area contributed by atoms with E-state index in [9.17, 15) is 15.3 Å². The highest BCUT2D eigenvalue weighted by Crippen LogP contribution is 2.55. The summed E-state index contributed by atoms with van der Waals surface area (Å²) >= 11 is 0. The maximum absolute atomic E-state index is 10.4. The summed E-state index contributed by atoms with van der Waals surface area (Å²) < 4.78 is 6.31. The summed E-state index contributed by atoms with van der Waals surface area (Å²) in [6.45, 7) is 8.39. The molecule has 1 aliphatic rings. The van der Waals surface area contributed by atoms with Gasteiger partial charge in [0.05, 0.1) is 0 Å². The van der Waals surface area contributed by atoms with Crippen LogP contribution in [-0.2, 0) is 11.0 Å². The van der Waals surface area contributed by atoms with E-state index in [1.165, 1.54) is 6.07 Å². The first-order chi connectivity index (χ1) is 11.2. The van der Waals surface area contributed by atoms with Crippen LogP contribution < -0.4 is 4.74 Å². The Kier molecular flexibility index (Phi) is 3.67. The van der Waals surface area contributed by atoms with Gasteiger partial charge < -0.3 is 20.1 Å². The molecule has 0 saturated carbocycles. The average Bonchev–Trinajstić information content (AvgIpc) is 2.52. The Balaban J connectivity index is 2.23. The number of phenolic OH excluding ortho intramolecular Hbond substituents is 3. The number of rotatable bonds is 2. The monoisotopic (exact) mass is 328 g/mol. The second-order valence-electron chi connectivity index (χ2n) is 7.08. The van der Waals surface area contributed by atoms with Crippen molar-refractivity contribution >= 4 is 0 Å². The van der Waals surface area contributed by atoms with Crippen molar-refractivity contribution in [2.45, 2.75) is 45.1 Å². The molecule has 0 aliphatic carbocycles. The van der Waals surface area contributed by atoms with E-state index in [0.29, 0.717) is 11.3 Å². The lowest BCUT2D eigenvalue weighted by Crippen LogP contribution is -2.50. The van der Waals surface area contributed by atoms with Gasteiger partial charge in [0.15, 0.2) is 0 Å². The predicted molar refractivity (Wildman–Crippen MR) is 92.7 cm³/mol. The number of aromatic hydroxyl groups is 3. The van der Waals surface area contributed by atoms with Gasteiger partial charge in [-0.3, -0.25) is 0 Å². The minimum Gasteiger partial charge on any atom is -0.508 e. The Morgan fingerprint density at radius 1 is 0.958 bits per heavy atom. The molecule has 128 valence electrons. The van der Waals surface area contributed by atoms with Gasteiger partial charge in [-0.25, -0.2) is 0 Å². The number of hydrogen-bond donors (Lipinski definition) is 3. The van der Waals surface area contributed by atoms with E-state index in [0.717, 1.165) is 12.0 Å². The fourth-order valence-corrected chi connectivity index (χ4v) is 3.95. The molecule has 0 spiro atoms. The van der Waals surface area contributed by atoms with Crippen LogP contribution in [0, 0.1) is 5.92 Å². The van der Waals surface area contributed by atoms with E-state index in [-0.39, 0.29) is 28.6 Å². The smallest absolute Gasteiger partial charge is 0.138 e. The fraction of sp³-hybridized carbons (Fsp3) is 0.400. The molecule has 0 amide bonds. The van der Waals surface area contributed by atoms with Crippen LogP contribution in [0.5, 0.6) is 23.0 Å². The summed E-state index contributed by atoms with van der Waals surface area (Å²) in [5.41, 5.74) is 0.719. The van der Waals surface area contributed by atoms with Crippen LogP contribution in [0.4, 0.5) is 0 Å². The van der Waals surface area contributed by atoms with Crippen molar-refractivity contribution in [2.24, 2.45) is 5.92 Å². The molecule has 2 aromatic rings. The minimum absolute atomic E-state index is 0.00593. The molecule has 24 heavy (non-hydrogen) atoms. The van der Waals surface area contributed by atoms with Crippen LogP contribution >= 0.6 is 0 Å². The molecule has 3 atom stereocenters. The first kappa shape index (κ1) is 16.5. The number of benzene rings is 2. The van der Waals surface area contributed by atoms with Gasteiger partial charge in [0.25, 0.3) is 0 Å². The van der Waals surface area contributed by atoms with Crippen LogP contribution in [-0.4, -0.2) is 15.3 Å². The van der Waals surface area contributed by atoms with Gasteiger partial charge in [-0.05, 0) is 31.5 Å². The SMILES string of the molecule is CCC1(C)c2ccc(O)cc2OC(C)(c2ccc(O)cc2O)C1C.